The number of aliphatic hydroxyl groups is 2. The van der Waals surface area contributed by atoms with E-state index in [0.29, 0.717) is 31.1 Å². The second-order valence-electron chi connectivity index (χ2n) is 10.1. The highest BCUT2D eigenvalue weighted by molar-refractivity contribution is 5.91. The summed E-state index contributed by atoms with van der Waals surface area (Å²) in [6.45, 7) is 7.94. The van der Waals surface area contributed by atoms with Gasteiger partial charge in [0.15, 0.2) is 11.6 Å². The number of rotatable bonds is 1. The molecule has 0 unspecified atom stereocenters. The first kappa shape index (κ1) is 18.4. The molecule has 0 amide bonds. The molecule has 0 spiro atoms. The van der Waals surface area contributed by atoms with Crippen LogP contribution < -0.4 is 0 Å². The third kappa shape index (κ3) is 2.09. The van der Waals surface area contributed by atoms with Crippen LogP contribution in [0.3, 0.4) is 0 Å². The van der Waals surface area contributed by atoms with Crippen LogP contribution in [0, 0.1) is 34.5 Å². The molecule has 4 rings (SSSR count). The largest absolute Gasteiger partial charge is 0.393 e. The van der Waals surface area contributed by atoms with Crippen LogP contribution in [-0.4, -0.2) is 33.5 Å². The summed E-state index contributed by atoms with van der Waals surface area (Å²) in [5, 5.41) is 22.5. The van der Waals surface area contributed by atoms with Crippen molar-refractivity contribution in [2.45, 2.75) is 77.9 Å². The first-order valence-electron chi connectivity index (χ1n) is 10.2. The number of carbonyl (C=O) groups excluding carboxylic acids is 2. The molecule has 0 aromatic rings. The Bertz CT molecular complexity index is 696. The minimum Gasteiger partial charge on any atom is -0.393 e. The highest BCUT2D eigenvalue weighted by Gasteiger charge is 2.68. The van der Waals surface area contributed by atoms with Gasteiger partial charge < -0.3 is 10.2 Å². The van der Waals surface area contributed by atoms with Gasteiger partial charge in [-0.3, -0.25) is 9.59 Å². The first-order chi connectivity index (χ1) is 12.0. The summed E-state index contributed by atoms with van der Waals surface area (Å²) in [5.41, 5.74) is -0.792. The number of fused-ring (bicyclic) bond motifs is 5. The van der Waals surface area contributed by atoms with Gasteiger partial charge in [-0.05, 0) is 74.2 Å². The predicted octanol–water partition coefficient (Wildman–Crippen LogP) is 3.06. The average molecular weight is 360 g/mol. The number of aliphatic hydroxyl groups excluding tert-OH is 1. The lowest BCUT2D eigenvalue weighted by atomic mass is 9.44. The van der Waals surface area contributed by atoms with Crippen LogP contribution in [0.2, 0.25) is 0 Å². The van der Waals surface area contributed by atoms with Gasteiger partial charge in [-0.15, -0.1) is 0 Å². The summed E-state index contributed by atoms with van der Waals surface area (Å²) in [5.74, 6) is 1.03. The number of hydrogen-bond donors (Lipinski definition) is 2. The minimum atomic E-state index is -1.31. The van der Waals surface area contributed by atoms with E-state index in [9.17, 15) is 19.8 Å². The van der Waals surface area contributed by atoms with E-state index < -0.39 is 17.1 Å². The summed E-state index contributed by atoms with van der Waals surface area (Å²) >= 11 is 0. The Morgan fingerprint density at radius 3 is 2.62 bits per heavy atom. The van der Waals surface area contributed by atoms with Gasteiger partial charge >= 0.3 is 0 Å². The zero-order chi connectivity index (χ0) is 19.1. The Kier molecular flexibility index (Phi) is 3.89. The van der Waals surface area contributed by atoms with Crippen molar-refractivity contribution in [3.63, 3.8) is 0 Å². The molecular weight excluding hydrogens is 328 g/mol. The smallest absolute Gasteiger partial charge is 0.161 e. The van der Waals surface area contributed by atoms with Crippen molar-refractivity contribution in [3.05, 3.63) is 11.6 Å². The molecule has 4 nitrogen and oxygen atoms in total. The molecule has 0 bridgehead atoms. The van der Waals surface area contributed by atoms with Gasteiger partial charge in [0.2, 0.25) is 0 Å². The van der Waals surface area contributed by atoms with Crippen molar-refractivity contribution < 1.29 is 19.8 Å². The fourth-order valence-electron chi connectivity index (χ4n) is 7.70. The van der Waals surface area contributed by atoms with Crippen LogP contribution in [0.5, 0.6) is 0 Å². The van der Waals surface area contributed by atoms with Gasteiger partial charge in [-0.1, -0.05) is 26.3 Å². The van der Waals surface area contributed by atoms with Crippen LogP contribution >= 0.6 is 0 Å². The number of carbonyl (C=O) groups is 2. The Morgan fingerprint density at radius 2 is 1.96 bits per heavy atom. The van der Waals surface area contributed by atoms with Gasteiger partial charge in [0, 0.05) is 11.8 Å². The zero-order valence-electron chi connectivity index (χ0n) is 16.4. The van der Waals surface area contributed by atoms with Crippen LogP contribution in [0.1, 0.15) is 66.2 Å². The van der Waals surface area contributed by atoms with E-state index in [1.807, 2.05) is 13.0 Å². The molecule has 0 aromatic carbocycles. The van der Waals surface area contributed by atoms with E-state index in [1.165, 1.54) is 12.5 Å². The molecule has 4 heteroatoms. The van der Waals surface area contributed by atoms with E-state index in [2.05, 4.69) is 13.8 Å². The number of allylic oxidation sites excluding steroid dienone is 1. The molecule has 3 fully saturated rings. The number of ketones is 2. The molecule has 0 radical (unpaired) electrons. The molecule has 3 saturated carbocycles. The molecule has 0 aliphatic heterocycles. The minimum absolute atomic E-state index is 0.116. The highest BCUT2D eigenvalue weighted by Crippen LogP contribution is 2.68. The lowest BCUT2D eigenvalue weighted by Crippen LogP contribution is -2.62. The zero-order valence-corrected chi connectivity index (χ0v) is 16.4. The molecule has 8 atom stereocenters. The molecule has 4 aliphatic rings. The Labute approximate surface area is 156 Å². The first-order valence-corrected chi connectivity index (χ1v) is 10.2. The maximum atomic E-state index is 12.3. The van der Waals surface area contributed by atoms with Crippen LogP contribution in [0.4, 0.5) is 0 Å². The van der Waals surface area contributed by atoms with Crippen molar-refractivity contribution in [2.75, 3.05) is 0 Å². The van der Waals surface area contributed by atoms with Crippen molar-refractivity contribution >= 4 is 11.6 Å². The summed E-state index contributed by atoms with van der Waals surface area (Å²) in [6, 6.07) is 0. The molecule has 26 heavy (non-hydrogen) atoms. The summed E-state index contributed by atoms with van der Waals surface area (Å²) in [6.07, 6.45) is 5.44. The predicted molar refractivity (Wildman–Crippen MR) is 98.3 cm³/mol. The van der Waals surface area contributed by atoms with Crippen molar-refractivity contribution in [1.29, 1.82) is 0 Å². The standard InChI is InChI=1S/C22H32O4/c1-12-9-15-16-6-8-22(26,13(2)23)21(16,4)11-18(25)19(15)20(3)7-5-14(24)10-17(12)20/h10,12,15-16,18-19,25-26H,5-9,11H2,1-4H3/t12-,15-,16+,18-,19-,20-,21+,22-/m0/s1. The SMILES string of the molecule is CC(=O)[C@@]1(O)CC[C@@H]2[C@@H]3C[C@H](C)C4=CC(=O)CC[C@]4(C)[C@@H]3[C@@H](O)C[C@]21C. The molecular formula is C22H32O4. The van der Waals surface area contributed by atoms with E-state index in [1.54, 1.807) is 0 Å². The summed E-state index contributed by atoms with van der Waals surface area (Å²) < 4.78 is 0. The van der Waals surface area contributed by atoms with Gasteiger partial charge in [-0.2, -0.15) is 0 Å². The number of hydrogen-bond acceptors (Lipinski definition) is 4. The van der Waals surface area contributed by atoms with E-state index in [-0.39, 0.29) is 28.8 Å². The van der Waals surface area contributed by atoms with Crippen LogP contribution in [0.15, 0.2) is 11.6 Å². The maximum Gasteiger partial charge on any atom is 0.161 e. The highest BCUT2D eigenvalue weighted by atomic mass is 16.3. The van der Waals surface area contributed by atoms with Gasteiger partial charge in [0.1, 0.15) is 5.60 Å². The van der Waals surface area contributed by atoms with Crippen LogP contribution in [0.25, 0.3) is 0 Å². The second-order valence-corrected chi connectivity index (χ2v) is 10.1. The van der Waals surface area contributed by atoms with Gasteiger partial charge in [0.25, 0.3) is 0 Å². The molecule has 0 heterocycles. The van der Waals surface area contributed by atoms with Crippen molar-refractivity contribution in [2.24, 2.45) is 34.5 Å². The lowest BCUT2D eigenvalue weighted by Gasteiger charge is -2.61. The van der Waals surface area contributed by atoms with Gasteiger partial charge in [-0.25, -0.2) is 0 Å². The quantitative estimate of drug-likeness (QED) is 0.754. The third-order valence-corrected chi connectivity index (χ3v) is 8.95. The Morgan fingerprint density at radius 1 is 1.27 bits per heavy atom. The van der Waals surface area contributed by atoms with E-state index in [0.717, 1.165) is 19.3 Å². The summed E-state index contributed by atoms with van der Waals surface area (Å²) in [7, 11) is 0. The van der Waals surface area contributed by atoms with Crippen molar-refractivity contribution in [3.8, 4) is 0 Å². The monoisotopic (exact) mass is 360 g/mol. The molecule has 4 aliphatic carbocycles. The third-order valence-electron chi connectivity index (χ3n) is 8.95. The van der Waals surface area contributed by atoms with Crippen molar-refractivity contribution in [1.82, 2.24) is 0 Å². The molecule has 144 valence electrons. The second kappa shape index (κ2) is 5.51. The topological polar surface area (TPSA) is 74.6 Å². The van der Waals surface area contributed by atoms with Crippen LogP contribution in [-0.2, 0) is 9.59 Å². The fourth-order valence-corrected chi connectivity index (χ4v) is 7.70. The fraction of sp³-hybridized carbons (Fsp3) is 0.818. The van der Waals surface area contributed by atoms with Gasteiger partial charge in [0.05, 0.1) is 6.10 Å². The van der Waals surface area contributed by atoms with E-state index >= 15 is 0 Å². The Balaban J connectivity index is 1.79. The number of Topliss-reactive ketones (excluding diaryl/α,β-unsaturated/α-hetero) is 1. The lowest BCUT2D eigenvalue weighted by molar-refractivity contribution is -0.181. The van der Waals surface area contributed by atoms with E-state index in [4.69, 9.17) is 0 Å². The molecule has 0 saturated heterocycles. The molecule has 0 aromatic heterocycles. The average Bonchev–Trinajstić information content (AvgIpc) is 2.81. The molecule has 2 N–H and O–H groups in total. The maximum absolute atomic E-state index is 12.3. The Hall–Kier alpha value is -1.00. The summed E-state index contributed by atoms with van der Waals surface area (Å²) in [4.78, 5) is 24.3. The normalized spacial score (nSPS) is 53.4.